The van der Waals surface area contributed by atoms with Crippen LogP contribution in [0.5, 0.6) is 0 Å². The molecule has 140 valence electrons. The van der Waals surface area contributed by atoms with Gasteiger partial charge in [0.2, 0.25) is 0 Å². The normalized spacial score (nSPS) is 36.8. The zero-order valence-electron chi connectivity index (χ0n) is 16.8. The molecular weight excluding hydrogens is 296 g/mol. The van der Waals surface area contributed by atoms with E-state index >= 15 is 0 Å². The summed E-state index contributed by atoms with van der Waals surface area (Å²) in [4.78, 5) is 5.47. The van der Waals surface area contributed by atoms with Gasteiger partial charge in [0, 0.05) is 37.8 Å². The summed E-state index contributed by atoms with van der Waals surface area (Å²) in [5, 5.41) is 0. The molecule has 1 heterocycles. The molecule has 2 aliphatic carbocycles. The van der Waals surface area contributed by atoms with Gasteiger partial charge >= 0.3 is 0 Å². The maximum atomic E-state index is 6.15. The van der Waals surface area contributed by atoms with Crippen molar-refractivity contribution in [2.45, 2.75) is 96.9 Å². The monoisotopic (exact) mass is 336 g/mol. The molecule has 0 aromatic heterocycles. The van der Waals surface area contributed by atoms with E-state index in [2.05, 4.69) is 44.4 Å². The van der Waals surface area contributed by atoms with Crippen LogP contribution in [-0.4, -0.2) is 59.8 Å². The van der Waals surface area contributed by atoms with Crippen LogP contribution in [0.25, 0.3) is 0 Å². The topological polar surface area (TPSA) is 15.7 Å². The van der Waals surface area contributed by atoms with Gasteiger partial charge in [-0.3, -0.25) is 9.80 Å². The van der Waals surface area contributed by atoms with Crippen LogP contribution in [0, 0.1) is 11.8 Å². The van der Waals surface area contributed by atoms with Crippen molar-refractivity contribution in [2.24, 2.45) is 11.8 Å². The van der Waals surface area contributed by atoms with Gasteiger partial charge in [0.1, 0.15) is 0 Å². The summed E-state index contributed by atoms with van der Waals surface area (Å²) in [6, 6.07) is 0.839. The van der Waals surface area contributed by atoms with Gasteiger partial charge in [-0.1, -0.05) is 0 Å². The fourth-order valence-electron chi connectivity index (χ4n) is 5.42. The Bertz CT molecular complexity index is 395. The van der Waals surface area contributed by atoms with Gasteiger partial charge in [-0.05, 0) is 85.0 Å². The van der Waals surface area contributed by atoms with Crippen LogP contribution in [0.2, 0.25) is 0 Å². The van der Waals surface area contributed by atoms with Crippen LogP contribution in [-0.2, 0) is 4.74 Å². The summed E-state index contributed by atoms with van der Waals surface area (Å²) in [7, 11) is 0. The van der Waals surface area contributed by atoms with Crippen molar-refractivity contribution >= 4 is 0 Å². The Kier molecular flexibility index (Phi) is 5.94. The summed E-state index contributed by atoms with van der Waals surface area (Å²) >= 11 is 0. The van der Waals surface area contributed by atoms with Crippen LogP contribution in [0.3, 0.4) is 0 Å². The Morgan fingerprint density at radius 1 is 0.833 bits per heavy atom. The van der Waals surface area contributed by atoms with E-state index in [0.29, 0.717) is 17.7 Å². The molecule has 4 unspecified atom stereocenters. The lowest BCUT2D eigenvalue weighted by Crippen LogP contribution is -2.56. The molecule has 3 nitrogen and oxygen atoms in total. The first-order valence-electron chi connectivity index (χ1n) is 10.5. The van der Waals surface area contributed by atoms with E-state index in [4.69, 9.17) is 4.74 Å². The zero-order chi connectivity index (χ0) is 17.3. The summed E-state index contributed by atoms with van der Waals surface area (Å²) in [6.45, 7) is 16.5. The molecule has 0 amide bonds. The molecule has 3 aliphatic rings. The van der Waals surface area contributed by atoms with Gasteiger partial charge < -0.3 is 4.74 Å². The maximum Gasteiger partial charge on any atom is 0.0581 e. The molecule has 4 atom stereocenters. The number of hydrogen-bond acceptors (Lipinski definition) is 3. The van der Waals surface area contributed by atoms with Crippen molar-refractivity contribution in [3.05, 3.63) is 0 Å². The molecule has 24 heavy (non-hydrogen) atoms. The lowest BCUT2D eigenvalue weighted by atomic mass is 9.68. The van der Waals surface area contributed by atoms with Gasteiger partial charge in [-0.25, -0.2) is 0 Å². The molecule has 2 saturated carbocycles. The molecule has 0 spiro atoms. The Hall–Kier alpha value is -0.120. The Morgan fingerprint density at radius 2 is 1.50 bits per heavy atom. The van der Waals surface area contributed by atoms with Gasteiger partial charge in [0.05, 0.1) is 12.2 Å². The summed E-state index contributed by atoms with van der Waals surface area (Å²) < 4.78 is 6.15. The first-order valence-corrected chi connectivity index (χ1v) is 10.5. The van der Waals surface area contributed by atoms with Crippen LogP contribution < -0.4 is 0 Å². The highest BCUT2D eigenvalue weighted by Crippen LogP contribution is 2.43. The largest absolute Gasteiger partial charge is 0.376 e. The van der Waals surface area contributed by atoms with E-state index in [0.717, 1.165) is 17.9 Å². The Labute approximate surface area is 150 Å². The Morgan fingerprint density at radius 3 is 2.12 bits per heavy atom. The number of piperazine rings is 1. The van der Waals surface area contributed by atoms with Crippen molar-refractivity contribution in [3.8, 4) is 0 Å². The van der Waals surface area contributed by atoms with E-state index in [9.17, 15) is 0 Å². The third-order valence-corrected chi connectivity index (χ3v) is 6.78. The average Bonchev–Trinajstić information content (AvgIpc) is 2.53. The van der Waals surface area contributed by atoms with Gasteiger partial charge in [-0.15, -0.1) is 0 Å². The maximum absolute atomic E-state index is 6.15. The zero-order valence-corrected chi connectivity index (χ0v) is 16.8. The molecule has 1 saturated heterocycles. The highest BCUT2D eigenvalue weighted by atomic mass is 16.5. The highest BCUT2D eigenvalue weighted by molar-refractivity contribution is 4.92. The number of hydrogen-bond donors (Lipinski definition) is 0. The SMILES string of the molecule is CC(C)OC1CCC2CCC(N3CCN(C(C)(C)C)CC3)CC2C1. The number of fused-ring (bicyclic) bond motifs is 1. The van der Waals surface area contributed by atoms with Crippen LogP contribution >= 0.6 is 0 Å². The fraction of sp³-hybridized carbons (Fsp3) is 1.00. The lowest BCUT2D eigenvalue weighted by Gasteiger charge is -2.49. The van der Waals surface area contributed by atoms with Crippen molar-refractivity contribution in [1.29, 1.82) is 0 Å². The first kappa shape index (κ1) is 18.7. The summed E-state index contributed by atoms with van der Waals surface area (Å²) in [5.41, 5.74) is 0.328. The van der Waals surface area contributed by atoms with E-state index in [1.54, 1.807) is 0 Å². The predicted molar refractivity (Wildman–Crippen MR) is 101 cm³/mol. The second kappa shape index (κ2) is 7.63. The number of rotatable bonds is 3. The highest BCUT2D eigenvalue weighted by Gasteiger charge is 2.39. The van der Waals surface area contributed by atoms with Gasteiger partial charge in [-0.2, -0.15) is 0 Å². The molecule has 1 aliphatic heterocycles. The van der Waals surface area contributed by atoms with Crippen molar-refractivity contribution in [2.75, 3.05) is 26.2 Å². The molecular formula is C21H40N2O. The van der Waals surface area contributed by atoms with Crippen LogP contribution in [0.15, 0.2) is 0 Å². The number of ether oxygens (including phenoxy) is 1. The molecule has 0 N–H and O–H groups in total. The van der Waals surface area contributed by atoms with Crippen molar-refractivity contribution < 1.29 is 4.74 Å². The second-order valence-corrected chi connectivity index (χ2v) is 9.80. The predicted octanol–water partition coefficient (Wildman–Crippen LogP) is 4.16. The van der Waals surface area contributed by atoms with Crippen LogP contribution in [0.4, 0.5) is 0 Å². The third-order valence-electron chi connectivity index (χ3n) is 6.78. The average molecular weight is 337 g/mol. The molecule has 0 aromatic rings. The molecule has 3 heteroatoms. The van der Waals surface area contributed by atoms with E-state index in [1.807, 2.05) is 0 Å². The minimum atomic E-state index is 0.328. The first-order chi connectivity index (χ1) is 11.3. The van der Waals surface area contributed by atoms with E-state index < -0.39 is 0 Å². The minimum Gasteiger partial charge on any atom is -0.376 e. The standard InChI is InChI=1S/C21H40N2O/c1-16(2)24-20-9-7-17-6-8-19(14-18(17)15-20)22-10-12-23(13-11-22)21(3,4)5/h16-20H,6-15H2,1-5H3. The lowest BCUT2D eigenvalue weighted by molar-refractivity contribution is -0.0551. The molecule has 3 rings (SSSR count). The fourth-order valence-corrected chi connectivity index (χ4v) is 5.42. The van der Waals surface area contributed by atoms with Gasteiger partial charge in [0.25, 0.3) is 0 Å². The van der Waals surface area contributed by atoms with Gasteiger partial charge in [0.15, 0.2) is 0 Å². The molecule has 0 bridgehead atoms. The smallest absolute Gasteiger partial charge is 0.0581 e. The third kappa shape index (κ3) is 4.53. The summed E-state index contributed by atoms with van der Waals surface area (Å²) in [6.07, 6.45) is 9.27. The second-order valence-electron chi connectivity index (χ2n) is 9.80. The Balaban J connectivity index is 1.50. The molecule has 0 radical (unpaired) electrons. The van der Waals surface area contributed by atoms with Crippen molar-refractivity contribution in [3.63, 3.8) is 0 Å². The van der Waals surface area contributed by atoms with Crippen molar-refractivity contribution in [1.82, 2.24) is 9.80 Å². The quantitative estimate of drug-likeness (QED) is 0.769. The number of nitrogens with zero attached hydrogens (tertiary/aromatic N) is 2. The summed E-state index contributed by atoms with van der Waals surface area (Å²) in [5.74, 6) is 1.91. The molecule has 3 fully saturated rings. The van der Waals surface area contributed by atoms with E-state index in [1.165, 1.54) is 64.7 Å². The van der Waals surface area contributed by atoms with Crippen LogP contribution in [0.1, 0.15) is 73.1 Å². The minimum absolute atomic E-state index is 0.328. The molecule has 0 aromatic carbocycles. The van der Waals surface area contributed by atoms with E-state index in [-0.39, 0.29) is 0 Å².